The van der Waals surface area contributed by atoms with Gasteiger partial charge in [0.25, 0.3) is 0 Å². The van der Waals surface area contributed by atoms with Crippen molar-refractivity contribution in [3.63, 3.8) is 0 Å². The van der Waals surface area contributed by atoms with Crippen LogP contribution in [0, 0.1) is 20.8 Å². The van der Waals surface area contributed by atoms with Crippen molar-refractivity contribution in [1.82, 2.24) is 14.4 Å². The van der Waals surface area contributed by atoms with Gasteiger partial charge in [-0.05, 0) is 48.8 Å². The van der Waals surface area contributed by atoms with Crippen LogP contribution in [0.25, 0.3) is 4.96 Å². The summed E-state index contributed by atoms with van der Waals surface area (Å²) in [6.45, 7) is 6.90. The third-order valence-electron chi connectivity index (χ3n) is 3.24. The summed E-state index contributed by atoms with van der Waals surface area (Å²) >= 11 is 5.10. The lowest BCUT2D eigenvalue weighted by Crippen LogP contribution is -2.05. The Labute approximate surface area is 130 Å². The summed E-state index contributed by atoms with van der Waals surface area (Å²) in [5, 5.41) is 3.45. The van der Waals surface area contributed by atoms with Crippen LogP contribution < -0.4 is 5.32 Å². The van der Waals surface area contributed by atoms with E-state index in [4.69, 9.17) is 0 Å². The fourth-order valence-electron chi connectivity index (χ4n) is 2.22. The van der Waals surface area contributed by atoms with E-state index in [1.807, 2.05) is 19.1 Å². The third kappa shape index (κ3) is 2.45. The van der Waals surface area contributed by atoms with Crippen LogP contribution in [0.15, 0.2) is 22.9 Å². The highest BCUT2D eigenvalue weighted by molar-refractivity contribution is 9.10. The number of imidazole rings is 1. The number of aromatic nitrogens is 3. The lowest BCUT2D eigenvalue weighted by Gasteiger charge is -2.09. The predicted octanol–water partition coefficient (Wildman–Crippen LogP) is 4.09. The number of pyridine rings is 1. The number of aryl methyl sites for hydroxylation is 3. The van der Waals surface area contributed by atoms with Crippen LogP contribution in [-0.4, -0.2) is 14.4 Å². The molecule has 1 N–H and O–H groups in total. The van der Waals surface area contributed by atoms with Crippen LogP contribution in [-0.2, 0) is 6.54 Å². The highest BCUT2D eigenvalue weighted by Gasteiger charge is 2.11. The molecule has 6 heteroatoms. The number of rotatable bonds is 3. The van der Waals surface area contributed by atoms with Crippen molar-refractivity contribution in [3.8, 4) is 0 Å². The number of hydrogen-bond donors (Lipinski definition) is 1. The van der Waals surface area contributed by atoms with Crippen molar-refractivity contribution in [2.45, 2.75) is 27.3 Å². The summed E-state index contributed by atoms with van der Waals surface area (Å²) in [7, 11) is 0. The molecule has 0 aromatic carbocycles. The summed E-state index contributed by atoms with van der Waals surface area (Å²) in [5.41, 5.74) is 4.31. The number of thiazole rings is 1. The van der Waals surface area contributed by atoms with Gasteiger partial charge < -0.3 is 5.32 Å². The Balaban J connectivity index is 1.87. The van der Waals surface area contributed by atoms with Crippen LogP contribution in [0.2, 0.25) is 0 Å². The average Bonchev–Trinajstić information content (AvgIpc) is 2.84. The molecular weight excluding hydrogens is 336 g/mol. The predicted molar refractivity (Wildman–Crippen MR) is 86.5 cm³/mol. The second kappa shape index (κ2) is 5.18. The Morgan fingerprint density at radius 3 is 2.75 bits per heavy atom. The number of nitrogens with one attached hydrogen (secondary N) is 1. The largest absolute Gasteiger partial charge is 0.378 e. The smallest absolute Gasteiger partial charge is 0.194 e. The topological polar surface area (TPSA) is 42.2 Å². The molecule has 0 atom stereocenters. The number of nitrogens with zero attached hydrogens (tertiary/aromatic N) is 3. The highest BCUT2D eigenvalue weighted by Crippen LogP contribution is 2.22. The molecule has 0 radical (unpaired) electrons. The maximum atomic E-state index is 4.60. The van der Waals surface area contributed by atoms with E-state index in [0.29, 0.717) is 0 Å². The van der Waals surface area contributed by atoms with Crippen molar-refractivity contribution < 1.29 is 0 Å². The van der Waals surface area contributed by atoms with Gasteiger partial charge in [0.15, 0.2) is 4.96 Å². The molecule has 3 heterocycles. The standard InChI is InChI=1S/C14H15BrN4S/c1-8-7-19-12(10(3)18-14(19)20-8)6-16-11-4-5-13(15)17-9(11)2/h4-5,7,16H,6H2,1-3H3. The van der Waals surface area contributed by atoms with E-state index in [-0.39, 0.29) is 0 Å². The minimum Gasteiger partial charge on any atom is -0.378 e. The second-order valence-electron chi connectivity index (χ2n) is 4.76. The first-order chi connectivity index (χ1) is 9.54. The first kappa shape index (κ1) is 13.6. The molecule has 0 bridgehead atoms. The maximum Gasteiger partial charge on any atom is 0.194 e. The molecule has 104 valence electrons. The third-order valence-corrected chi connectivity index (χ3v) is 4.58. The van der Waals surface area contributed by atoms with Crippen LogP contribution in [0.3, 0.4) is 0 Å². The molecule has 0 spiro atoms. The Bertz CT molecular complexity index is 775. The summed E-state index contributed by atoms with van der Waals surface area (Å²) < 4.78 is 3.03. The van der Waals surface area contributed by atoms with Crippen LogP contribution in [0.4, 0.5) is 5.69 Å². The van der Waals surface area contributed by atoms with E-state index >= 15 is 0 Å². The maximum absolute atomic E-state index is 4.60. The van der Waals surface area contributed by atoms with Crippen LogP contribution in [0.5, 0.6) is 0 Å². The first-order valence-corrected chi connectivity index (χ1v) is 7.96. The average molecular weight is 351 g/mol. The van der Waals surface area contributed by atoms with E-state index in [1.54, 1.807) is 11.3 Å². The summed E-state index contributed by atoms with van der Waals surface area (Å²) in [5.74, 6) is 0. The Kier molecular flexibility index (Phi) is 3.52. The fourth-order valence-corrected chi connectivity index (χ4v) is 3.51. The minimum atomic E-state index is 0.743. The summed E-state index contributed by atoms with van der Waals surface area (Å²) in [4.78, 5) is 11.3. The zero-order valence-corrected chi connectivity index (χ0v) is 14.0. The molecule has 3 aromatic rings. The zero-order valence-electron chi connectivity index (χ0n) is 11.6. The number of fused-ring (bicyclic) bond motifs is 1. The minimum absolute atomic E-state index is 0.743. The van der Waals surface area contributed by atoms with Gasteiger partial charge in [-0.3, -0.25) is 4.40 Å². The van der Waals surface area contributed by atoms with E-state index in [1.165, 1.54) is 10.6 Å². The normalized spacial score (nSPS) is 11.2. The van der Waals surface area contributed by atoms with Gasteiger partial charge in [-0.15, -0.1) is 11.3 Å². The van der Waals surface area contributed by atoms with Crippen molar-refractivity contribution in [2.24, 2.45) is 0 Å². The van der Waals surface area contributed by atoms with E-state index in [0.717, 1.165) is 33.2 Å². The van der Waals surface area contributed by atoms with Crippen LogP contribution in [0.1, 0.15) is 22.0 Å². The monoisotopic (exact) mass is 350 g/mol. The van der Waals surface area contributed by atoms with Crippen molar-refractivity contribution >= 4 is 37.9 Å². The van der Waals surface area contributed by atoms with Gasteiger partial charge in [-0.1, -0.05) is 0 Å². The summed E-state index contributed by atoms with van der Waals surface area (Å²) in [6, 6.07) is 3.99. The Hall–Kier alpha value is -1.40. The molecule has 0 aliphatic rings. The molecule has 0 aliphatic carbocycles. The molecule has 20 heavy (non-hydrogen) atoms. The molecule has 4 nitrogen and oxygen atoms in total. The molecule has 0 unspecified atom stereocenters. The molecule has 0 fully saturated rings. The van der Waals surface area contributed by atoms with Gasteiger partial charge in [-0.25, -0.2) is 9.97 Å². The highest BCUT2D eigenvalue weighted by atomic mass is 79.9. The van der Waals surface area contributed by atoms with Crippen LogP contribution >= 0.6 is 27.3 Å². The molecule has 0 saturated heterocycles. The molecular formula is C14H15BrN4S. The Morgan fingerprint density at radius 1 is 1.20 bits per heavy atom. The lowest BCUT2D eigenvalue weighted by atomic mass is 10.3. The van der Waals surface area contributed by atoms with Gasteiger partial charge in [0.05, 0.1) is 29.3 Å². The van der Waals surface area contributed by atoms with Gasteiger partial charge in [0, 0.05) is 11.1 Å². The zero-order chi connectivity index (χ0) is 14.3. The second-order valence-corrected chi connectivity index (χ2v) is 6.78. The quantitative estimate of drug-likeness (QED) is 0.723. The number of hydrogen-bond acceptors (Lipinski definition) is 4. The summed E-state index contributed by atoms with van der Waals surface area (Å²) in [6.07, 6.45) is 2.14. The number of halogens is 1. The van der Waals surface area contributed by atoms with Gasteiger partial charge >= 0.3 is 0 Å². The van der Waals surface area contributed by atoms with Gasteiger partial charge in [0.1, 0.15) is 4.60 Å². The molecule has 3 aromatic heterocycles. The number of anilines is 1. The van der Waals surface area contributed by atoms with Crippen molar-refractivity contribution in [1.29, 1.82) is 0 Å². The molecule has 3 rings (SSSR count). The molecule has 0 saturated carbocycles. The SMILES string of the molecule is Cc1cn2c(CNc3ccc(Br)nc3C)c(C)nc2s1. The lowest BCUT2D eigenvalue weighted by molar-refractivity contribution is 0.983. The fraction of sp³-hybridized carbons (Fsp3) is 0.286. The van der Waals surface area contributed by atoms with Gasteiger partial charge in [-0.2, -0.15) is 0 Å². The Morgan fingerprint density at radius 2 is 2.00 bits per heavy atom. The first-order valence-electron chi connectivity index (χ1n) is 6.35. The van der Waals surface area contributed by atoms with E-state index in [2.05, 4.69) is 55.7 Å². The van der Waals surface area contributed by atoms with Crippen molar-refractivity contribution in [3.05, 3.63) is 44.9 Å². The molecule has 0 aliphatic heterocycles. The van der Waals surface area contributed by atoms with E-state index < -0.39 is 0 Å². The van der Waals surface area contributed by atoms with Gasteiger partial charge in [0.2, 0.25) is 0 Å². The molecule has 0 amide bonds. The van der Waals surface area contributed by atoms with E-state index in [9.17, 15) is 0 Å². The van der Waals surface area contributed by atoms with Crippen molar-refractivity contribution in [2.75, 3.05) is 5.32 Å².